The second kappa shape index (κ2) is 7.60. The molecule has 0 unspecified atom stereocenters. The Hall–Kier alpha value is -0.940. The van der Waals surface area contributed by atoms with E-state index >= 15 is 0 Å². The van der Waals surface area contributed by atoms with Crippen molar-refractivity contribution in [1.82, 2.24) is 20.1 Å². The summed E-state index contributed by atoms with van der Waals surface area (Å²) in [5.74, 6) is 2.25. The number of aryl methyl sites for hydroxylation is 1. The molecule has 0 bridgehead atoms. The fraction of sp³-hybridized carbons (Fsp3) is 0.857. The number of nitrogens with one attached hydrogen (secondary N) is 1. The number of aromatic nitrogens is 3. The standard InChI is InChI=1S/C14H26N4O/c1-12(2)19-10-6-4-8-15-11-14-17-16-13-7-3-5-9-18(13)14/h12,15H,3-11H2,1-2H3. The molecule has 0 saturated heterocycles. The van der Waals surface area contributed by atoms with Crippen LogP contribution in [0.25, 0.3) is 0 Å². The molecule has 0 amide bonds. The lowest BCUT2D eigenvalue weighted by molar-refractivity contribution is 0.0760. The van der Waals surface area contributed by atoms with Crippen molar-refractivity contribution in [3.8, 4) is 0 Å². The Bertz CT molecular complexity index is 376. The molecule has 2 heterocycles. The van der Waals surface area contributed by atoms with Gasteiger partial charge in [-0.15, -0.1) is 10.2 Å². The lowest BCUT2D eigenvalue weighted by Gasteiger charge is -2.14. The van der Waals surface area contributed by atoms with Gasteiger partial charge in [-0.05, 0) is 46.1 Å². The van der Waals surface area contributed by atoms with Crippen molar-refractivity contribution in [2.24, 2.45) is 0 Å². The molecule has 2 rings (SSSR count). The van der Waals surface area contributed by atoms with E-state index in [0.29, 0.717) is 6.10 Å². The fourth-order valence-corrected chi connectivity index (χ4v) is 2.37. The molecule has 0 radical (unpaired) electrons. The maximum atomic E-state index is 5.51. The fourth-order valence-electron chi connectivity index (χ4n) is 2.37. The third-order valence-corrected chi connectivity index (χ3v) is 3.42. The minimum Gasteiger partial charge on any atom is -0.379 e. The van der Waals surface area contributed by atoms with Crippen LogP contribution in [0.5, 0.6) is 0 Å². The predicted molar refractivity (Wildman–Crippen MR) is 75.0 cm³/mol. The van der Waals surface area contributed by atoms with Crippen molar-refractivity contribution in [3.63, 3.8) is 0 Å². The smallest absolute Gasteiger partial charge is 0.147 e. The first-order valence-corrected chi connectivity index (χ1v) is 7.50. The van der Waals surface area contributed by atoms with E-state index in [9.17, 15) is 0 Å². The zero-order valence-electron chi connectivity index (χ0n) is 12.2. The molecule has 0 fully saturated rings. The van der Waals surface area contributed by atoms with Crippen LogP contribution in [0.1, 0.15) is 51.2 Å². The average molecular weight is 266 g/mol. The molecular formula is C14H26N4O. The summed E-state index contributed by atoms with van der Waals surface area (Å²) in [6.07, 6.45) is 6.19. The average Bonchev–Trinajstić information content (AvgIpc) is 2.81. The lowest BCUT2D eigenvalue weighted by Crippen LogP contribution is -2.20. The summed E-state index contributed by atoms with van der Waals surface area (Å²) < 4.78 is 7.79. The number of hydrogen-bond donors (Lipinski definition) is 1. The molecule has 1 aliphatic heterocycles. The van der Waals surface area contributed by atoms with Gasteiger partial charge in [-0.25, -0.2) is 0 Å². The van der Waals surface area contributed by atoms with Gasteiger partial charge in [-0.1, -0.05) is 0 Å². The number of nitrogens with zero attached hydrogens (tertiary/aromatic N) is 3. The summed E-state index contributed by atoms with van der Waals surface area (Å²) in [5, 5.41) is 12.0. The first-order chi connectivity index (χ1) is 9.27. The molecule has 5 nitrogen and oxygen atoms in total. The van der Waals surface area contributed by atoms with E-state index in [2.05, 4.69) is 33.9 Å². The second-order valence-electron chi connectivity index (χ2n) is 5.44. The molecule has 0 atom stereocenters. The first kappa shape index (κ1) is 14.5. The van der Waals surface area contributed by atoms with Gasteiger partial charge in [0.1, 0.15) is 11.6 Å². The molecule has 108 valence electrons. The van der Waals surface area contributed by atoms with E-state index in [1.807, 2.05) is 0 Å². The molecular weight excluding hydrogens is 240 g/mol. The van der Waals surface area contributed by atoms with Gasteiger partial charge in [-0.3, -0.25) is 0 Å². The maximum Gasteiger partial charge on any atom is 0.147 e. The molecule has 5 heteroatoms. The number of unbranched alkanes of at least 4 members (excludes halogenated alkanes) is 1. The first-order valence-electron chi connectivity index (χ1n) is 7.50. The zero-order chi connectivity index (χ0) is 13.5. The summed E-state index contributed by atoms with van der Waals surface area (Å²) in [5.41, 5.74) is 0. The monoisotopic (exact) mass is 266 g/mol. The van der Waals surface area contributed by atoms with Crippen molar-refractivity contribution in [1.29, 1.82) is 0 Å². The van der Waals surface area contributed by atoms with Crippen LogP contribution in [-0.2, 0) is 24.2 Å². The van der Waals surface area contributed by atoms with Crippen LogP contribution in [0.4, 0.5) is 0 Å². The predicted octanol–water partition coefficient (Wildman–Crippen LogP) is 1.91. The highest BCUT2D eigenvalue weighted by molar-refractivity contribution is 4.98. The minimum atomic E-state index is 0.343. The molecule has 0 saturated carbocycles. The van der Waals surface area contributed by atoms with E-state index < -0.39 is 0 Å². The summed E-state index contributed by atoms with van der Waals surface area (Å²) in [6, 6.07) is 0. The Morgan fingerprint density at radius 2 is 2.16 bits per heavy atom. The van der Waals surface area contributed by atoms with Crippen molar-refractivity contribution in [3.05, 3.63) is 11.6 Å². The van der Waals surface area contributed by atoms with Crippen molar-refractivity contribution >= 4 is 0 Å². The van der Waals surface area contributed by atoms with E-state index in [0.717, 1.165) is 57.2 Å². The molecule has 0 aromatic carbocycles. The molecule has 19 heavy (non-hydrogen) atoms. The summed E-state index contributed by atoms with van der Waals surface area (Å²) in [7, 11) is 0. The Morgan fingerprint density at radius 1 is 1.26 bits per heavy atom. The molecule has 1 aromatic rings. The maximum absolute atomic E-state index is 5.51. The van der Waals surface area contributed by atoms with Crippen LogP contribution < -0.4 is 5.32 Å². The van der Waals surface area contributed by atoms with Gasteiger partial charge in [0.15, 0.2) is 0 Å². The Kier molecular flexibility index (Phi) is 5.79. The third kappa shape index (κ3) is 4.58. The van der Waals surface area contributed by atoms with Crippen LogP contribution in [0.2, 0.25) is 0 Å². The van der Waals surface area contributed by atoms with E-state index in [1.165, 1.54) is 12.8 Å². The largest absolute Gasteiger partial charge is 0.379 e. The van der Waals surface area contributed by atoms with Gasteiger partial charge in [-0.2, -0.15) is 0 Å². The highest BCUT2D eigenvalue weighted by atomic mass is 16.5. The molecule has 0 aliphatic carbocycles. The van der Waals surface area contributed by atoms with Crippen LogP contribution in [0.3, 0.4) is 0 Å². The summed E-state index contributed by atoms with van der Waals surface area (Å²) in [6.45, 7) is 7.95. The quantitative estimate of drug-likeness (QED) is 0.730. The van der Waals surface area contributed by atoms with Gasteiger partial charge in [0.05, 0.1) is 12.6 Å². The lowest BCUT2D eigenvalue weighted by atomic mass is 10.2. The molecule has 0 spiro atoms. The highest BCUT2D eigenvalue weighted by Gasteiger charge is 2.14. The SMILES string of the molecule is CC(C)OCCCCNCc1nnc2n1CCCC2. The van der Waals surface area contributed by atoms with Gasteiger partial charge >= 0.3 is 0 Å². The number of fused-ring (bicyclic) bond motifs is 1. The number of rotatable bonds is 8. The highest BCUT2D eigenvalue weighted by Crippen LogP contribution is 2.13. The molecule has 1 aliphatic rings. The van der Waals surface area contributed by atoms with Crippen molar-refractivity contribution in [2.45, 2.75) is 65.1 Å². The van der Waals surface area contributed by atoms with Gasteiger partial charge in [0.2, 0.25) is 0 Å². The van der Waals surface area contributed by atoms with E-state index in [4.69, 9.17) is 4.74 Å². The third-order valence-electron chi connectivity index (χ3n) is 3.42. The molecule has 1 aromatic heterocycles. The van der Waals surface area contributed by atoms with Crippen LogP contribution in [0.15, 0.2) is 0 Å². The van der Waals surface area contributed by atoms with Gasteiger partial charge in [0, 0.05) is 19.6 Å². The number of hydrogen-bond acceptors (Lipinski definition) is 4. The Morgan fingerprint density at radius 3 is 3.00 bits per heavy atom. The molecule has 1 N–H and O–H groups in total. The van der Waals surface area contributed by atoms with Crippen LogP contribution >= 0.6 is 0 Å². The van der Waals surface area contributed by atoms with Crippen molar-refractivity contribution < 1.29 is 4.74 Å². The topological polar surface area (TPSA) is 52.0 Å². The zero-order valence-corrected chi connectivity index (χ0v) is 12.2. The summed E-state index contributed by atoms with van der Waals surface area (Å²) in [4.78, 5) is 0. The normalized spacial score (nSPS) is 14.9. The Balaban J connectivity index is 1.60. The minimum absolute atomic E-state index is 0.343. The summed E-state index contributed by atoms with van der Waals surface area (Å²) >= 11 is 0. The second-order valence-corrected chi connectivity index (χ2v) is 5.44. The van der Waals surface area contributed by atoms with E-state index in [1.54, 1.807) is 0 Å². The van der Waals surface area contributed by atoms with Gasteiger partial charge in [0.25, 0.3) is 0 Å². The van der Waals surface area contributed by atoms with Gasteiger partial charge < -0.3 is 14.6 Å². The van der Waals surface area contributed by atoms with Crippen molar-refractivity contribution in [2.75, 3.05) is 13.2 Å². The van der Waals surface area contributed by atoms with E-state index in [-0.39, 0.29) is 0 Å². The van der Waals surface area contributed by atoms with Crippen LogP contribution in [-0.4, -0.2) is 34.0 Å². The van der Waals surface area contributed by atoms with Crippen LogP contribution in [0, 0.1) is 0 Å². The number of ether oxygens (including phenoxy) is 1. The Labute approximate surface area is 115 Å².